The number of carbonyl (C=O) groups excluding carboxylic acids is 1. The van der Waals surface area contributed by atoms with Crippen molar-refractivity contribution in [1.29, 1.82) is 0 Å². The predicted molar refractivity (Wildman–Crippen MR) is 73.1 cm³/mol. The second-order valence-electron chi connectivity index (χ2n) is 4.79. The van der Waals surface area contributed by atoms with Gasteiger partial charge in [0.1, 0.15) is 0 Å². The Balaban J connectivity index is 2.12. The zero-order chi connectivity index (χ0) is 13.8. The number of hydrogen-bond donors (Lipinski definition) is 1. The fraction of sp³-hybridized carbons (Fsp3) is 0.357. The summed E-state index contributed by atoms with van der Waals surface area (Å²) < 4.78 is 1.80. The van der Waals surface area contributed by atoms with Crippen LogP contribution in [0.25, 0.3) is 11.3 Å². The first kappa shape index (κ1) is 13.3. The van der Waals surface area contributed by atoms with Gasteiger partial charge in [-0.3, -0.25) is 14.5 Å². The molecule has 2 aromatic rings. The number of amides is 1. The first-order chi connectivity index (χ1) is 9.08. The van der Waals surface area contributed by atoms with E-state index >= 15 is 0 Å². The Morgan fingerprint density at radius 3 is 2.84 bits per heavy atom. The fourth-order valence-electron chi connectivity index (χ4n) is 1.77. The van der Waals surface area contributed by atoms with Crippen molar-refractivity contribution in [3.8, 4) is 11.3 Å². The van der Waals surface area contributed by atoms with E-state index in [1.165, 1.54) is 0 Å². The molecule has 0 aliphatic carbocycles. The number of rotatable bonds is 4. The van der Waals surface area contributed by atoms with E-state index in [0.717, 1.165) is 16.8 Å². The SMILES string of the molecule is CC(C)C(=O)NCc1cncc(-c2ccnn2C)c1. The summed E-state index contributed by atoms with van der Waals surface area (Å²) in [6, 6.07) is 3.96. The topological polar surface area (TPSA) is 59.8 Å². The summed E-state index contributed by atoms with van der Waals surface area (Å²) in [6.45, 7) is 4.25. The molecule has 2 aromatic heterocycles. The highest BCUT2D eigenvalue weighted by atomic mass is 16.1. The summed E-state index contributed by atoms with van der Waals surface area (Å²) in [6.07, 6.45) is 5.31. The number of nitrogens with one attached hydrogen (secondary N) is 1. The average Bonchev–Trinajstić information content (AvgIpc) is 2.82. The van der Waals surface area contributed by atoms with Crippen molar-refractivity contribution in [2.75, 3.05) is 0 Å². The van der Waals surface area contributed by atoms with Crippen molar-refractivity contribution in [1.82, 2.24) is 20.1 Å². The van der Waals surface area contributed by atoms with Gasteiger partial charge in [0.25, 0.3) is 0 Å². The molecule has 19 heavy (non-hydrogen) atoms. The maximum atomic E-state index is 11.5. The third-order valence-electron chi connectivity index (χ3n) is 2.90. The van der Waals surface area contributed by atoms with Crippen LogP contribution in [0.3, 0.4) is 0 Å². The molecule has 0 radical (unpaired) electrons. The molecule has 1 N–H and O–H groups in total. The smallest absolute Gasteiger partial charge is 0.222 e. The Morgan fingerprint density at radius 1 is 1.42 bits per heavy atom. The summed E-state index contributed by atoms with van der Waals surface area (Å²) in [5.41, 5.74) is 2.98. The molecule has 0 unspecified atom stereocenters. The minimum atomic E-state index is -0.00628. The molecular weight excluding hydrogens is 240 g/mol. The lowest BCUT2D eigenvalue weighted by molar-refractivity contribution is -0.124. The minimum Gasteiger partial charge on any atom is -0.352 e. The van der Waals surface area contributed by atoms with Crippen molar-refractivity contribution in [3.05, 3.63) is 36.3 Å². The second-order valence-corrected chi connectivity index (χ2v) is 4.79. The molecule has 0 aliphatic rings. The maximum Gasteiger partial charge on any atom is 0.222 e. The Bertz CT molecular complexity index is 574. The van der Waals surface area contributed by atoms with Crippen LogP contribution >= 0.6 is 0 Å². The average molecular weight is 258 g/mol. The lowest BCUT2D eigenvalue weighted by atomic mass is 10.1. The van der Waals surface area contributed by atoms with Gasteiger partial charge in [0.2, 0.25) is 5.91 Å². The molecule has 2 rings (SSSR count). The maximum absolute atomic E-state index is 11.5. The Hall–Kier alpha value is -2.17. The van der Waals surface area contributed by atoms with Gasteiger partial charge in [0.05, 0.1) is 5.69 Å². The highest BCUT2D eigenvalue weighted by molar-refractivity contribution is 5.77. The Kier molecular flexibility index (Phi) is 3.94. The quantitative estimate of drug-likeness (QED) is 0.909. The van der Waals surface area contributed by atoms with Gasteiger partial charge >= 0.3 is 0 Å². The summed E-state index contributed by atoms with van der Waals surface area (Å²) in [4.78, 5) is 15.8. The number of aromatic nitrogens is 3. The summed E-state index contributed by atoms with van der Waals surface area (Å²) in [5.74, 6) is 0.0409. The van der Waals surface area contributed by atoms with Crippen LogP contribution < -0.4 is 5.32 Å². The highest BCUT2D eigenvalue weighted by Crippen LogP contribution is 2.18. The van der Waals surface area contributed by atoms with E-state index in [1.54, 1.807) is 23.3 Å². The van der Waals surface area contributed by atoms with Crippen LogP contribution in [-0.2, 0) is 18.4 Å². The molecular formula is C14H18N4O. The number of aryl methyl sites for hydroxylation is 1. The predicted octanol–water partition coefficient (Wildman–Crippen LogP) is 1.75. The molecule has 0 aromatic carbocycles. The Labute approximate surface area is 112 Å². The molecule has 0 saturated heterocycles. The highest BCUT2D eigenvalue weighted by Gasteiger charge is 2.07. The standard InChI is InChI=1S/C14H18N4O/c1-10(2)14(19)16-8-11-6-12(9-15-7-11)13-4-5-17-18(13)3/h4-7,9-10H,8H2,1-3H3,(H,16,19). The van der Waals surface area contributed by atoms with Crippen LogP contribution in [0.4, 0.5) is 0 Å². The van der Waals surface area contributed by atoms with Gasteiger partial charge in [0, 0.05) is 43.7 Å². The van der Waals surface area contributed by atoms with Crippen molar-refractivity contribution in [3.63, 3.8) is 0 Å². The van der Waals surface area contributed by atoms with Crippen LogP contribution in [-0.4, -0.2) is 20.7 Å². The van der Waals surface area contributed by atoms with Crippen LogP contribution in [0, 0.1) is 5.92 Å². The van der Waals surface area contributed by atoms with Crippen LogP contribution in [0.1, 0.15) is 19.4 Å². The Morgan fingerprint density at radius 2 is 2.21 bits per heavy atom. The molecule has 0 saturated carbocycles. The zero-order valence-corrected chi connectivity index (χ0v) is 11.4. The number of nitrogens with zero attached hydrogens (tertiary/aromatic N) is 3. The lowest BCUT2D eigenvalue weighted by Gasteiger charge is -2.08. The van der Waals surface area contributed by atoms with Gasteiger partial charge in [-0.1, -0.05) is 13.8 Å². The zero-order valence-electron chi connectivity index (χ0n) is 11.4. The summed E-state index contributed by atoms with van der Waals surface area (Å²) in [7, 11) is 1.89. The van der Waals surface area contributed by atoms with Crippen LogP contribution in [0.15, 0.2) is 30.7 Å². The van der Waals surface area contributed by atoms with Gasteiger partial charge in [-0.05, 0) is 17.7 Å². The number of hydrogen-bond acceptors (Lipinski definition) is 3. The molecule has 0 aliphatic heterocycles. The third kappa shape index (κ3) is 3.19. The second kappa shape index (κ2) is 5.65. The van der Waals surface area contributed by atoms with Gasteiger partial charge in [0.15, 0.2) is 0 Å². The first-order valence-corrected chi connectivity index (χ1v) is 6.28. The fourth-order valence-corrected chi connectivity index (χ4v) is 1.77. The molecule has 5 heteroatoms. The van der Waals surface area contributed by atoms with Crippen LogP contribution in [0.2, 0.25) is 0 Å². The van der Waals surface area contributed by atoms with Crippen molar-refractivity contribution >= 4 is 5.91 Å². The lowest BCUT2D eigenvalue weighted by Crippen LogP contribution is -2.27. The number of pyridine rings is 1. The van der Waals surface area contributed by atoms with E-state index in [1.807, 2.05) is 33.0 Å². The monoisotopic (exact) mass is 258 g/mol. The first-order valence-electron chi connectivity index (χ1n) is 6.28. The van der Waals surface area contributed by atoms with E-state index in [0.29, 0.717) is 6.54 Å². The molecule has 1 amide bonds. The van der Waals surface area contributed by atoms with Gasteiger partial charge in [-0.2, -0.15) is 5.10 Å². The normalized spacial score (nSPS) is 10.7. The molecule has 2 heterocycles. The summed E-state index contributed by atoms with van der Waals surface area (Å²) in [5, 5.41) is 7.02. The van der Waals surface area contributed by atoms with E-state index in [9.17, 15) is 4.79 Å². The van der Waals surface area contributed by atoms with Gasteiger partial charge < -0.3 is 5.32 Å². The van der Waals surface area contributed by atoms with Crippen molar-refractivity contribution in [2.24, 2.45) is 13.0 Å². The van der Waals surface area contributed by atoms with E-state index < -0.39 is 0 Å². The molecule has 5 nitrogen and oxygen atoms in total. The molecule has 0 fully saturated rings. The largest absolute Gasteiger partial charge is 0.352 e. The third-order valence-corrected chi connectivity index (χ3v) is 2.90. The molecule has 0 atom stereocenters. The molecule has 0 bridgehead atoms. The van der Waals surface area contributed by atoms with E-state index in [-0.39, 0.29) is 11.8 Å². The van der Waals surface area contributed by atoms with E-state index in [2.05, 4.69) is 15.4 Å². The van der Waals surface area contributed by atoms with E-state index in [4.69, 9.17) is 0 Å². The minimum absolute atomic E-state index is 0.00628. The van der Waals surface area contributed by atoms with Gasteiger partial charge in [-0.25, -0.2) is 0 Å². The van der Waals surface area contributed by atoms with Gasteiger partial charge in [-0.15, -0.1) is 0 Å². The van der Waals surface area contributed by atoms with Crippen molar-refractivity contribution < 1.29 is 4.79 Å². The summed E-state index contributed by atoms with van der Waals surface area (Å²) >= 11 is 0. The van der Waals surface area contributed by atoms with Crippen LogP contribution in [0.5, 0.6) is 0 Å². The van der Waals surface area contributed by atoms with Crippen molar-refractivity contribution in [2.45, 2.75) is 20.4 Å². The molecule has 100 valence electrons. The number of carbonyl (C=O) groups is 1. The molecule has 0 spiro atoms.